The van der Waals surface area contributed by atoms with E-state index in [-0.39, 0.29) is 0 Å². The van der Waals surface area contributed by atoms with E-state index in [1.165, 1.54) is 0 Å². The molecule has 0 saturated carbocycles. The maximum Gasteiger partial charge on any atom is 0.412 e. The Morgan fingerprint density at radius 3 is 2.56 bits per heavy atom. The summed E-state index contributed by atoms with van der Waals surface area (Å²) in [6, 6.07) is 3.66. The molecule has 0 fully saturated rings. The van der Waals surface area contributed by atoms with Gasteiger partial charge in [0.05, 0.1) is 6.61 Å². The molecule has 1 rings (SSSR count). The number of benzene rings is 1. The Balaban J connectivity index is 2.84. The van der Waals surface area contributed by atoms with Crippen molar-refractivity contribution in [2.24, 2.45) is 0 Å². The fraction of sp³-hybridized carbons (Fsp3) is 0.550. The van der Waals surface area contributed by atoms with Crippen molar-refractivity contribution < 1.29 is 14.3 Å². The van der Waals surface area contributed by atoms with Crippen LogP contribution < -0.4 is 11.1 Å². The molecule has 140 valence electrons. The molecule has 1 aromatic carbocycles. The predicted molar refractivity (Wildman–Crippen MR) is 104 cm³/mol. The first-order valence-corrected chi connectivity index (χ1v) is 8.75. The predicted octanol–water partition coefficient (Wildman–Crippen LogP) is 4.84. The van der Waals surface area contributed by atoms with Crippen molar-refractivity contribution in [1.82, 2.24) is 0 Å². The summed E-state index contributed by atoms with van der Waals surface area (Å²) in [5.74, 6) is 0. The average molecular weight is 348 g/mol. The highest BCUT2D eigenvalue weighted by molar-refractivity contribution is 5.87. The number of ether oxygens (including phenoxy) is 2. The van der Waals surface area contributed by atoms with Crippen LogP contribution in [0.5, 0.6) is 0 Å². The molecule has 0 aromatic heterocycles. The molecule has 0 saturated heterocycles. The van der Waals surface area contributed by atoms with E-state index in [1.54, 1.807) is 6.07 Å². The Hall–Kier alpha value is -2.01. The van der Waals surface area contributed by atoms with E-state index in [2.05, 4.69) is 18.8 Å². The third-order valence-electron chi connectivity index (χ3n) is 3.51. The van der Waals surface area contributed by atoms with Crippen LogP contribution in [0.25, 0.3) is 0 Å². The maximum atomic E-state index is 12.1. The molecule has 1 amide bonds. The lowest BCUT2D eigenvalue weighted by molar-refractivity contribution is 0.0636. The highest BCUT2D eigenvalue weighted by Crippen LogP contribution is 2.27. The van der Waals surface area contributed by atoms with Gasteiger partial charge in [0, 0.05) is 18.0 Å². The van der Waals surface area contributed by atoms with Gasteiger partial charge in [0.15, 0.2) is 0 Å². The van der Waals surface area contributed by atoms with Crippen LogP contribution in [0.3, 0.4) is 0 Å². The molecular formula is C20H32N2O3. The van der Waals surface area contributed by atoms with Crippen LogP contribution in [0.1, 0.15) is 51.7 Å². The smallest absolute Gasteiger partial charge is 0.412 e. The van der Waals surface area contributed by atoms with Crippen LogP contribution in [0.15, 0.2) is 24.3 Å². The number of nitrogen functional groups attached to an aromatic ring is 1. The van der Waals surface area contributed by atoms with Crippen LogP contribution in [0.2, 0.25) is 0 Å². The second-order valence-corrected chi connectivity index (χ2v) is 7.28. The summed E-state index contributed by atoms with van der Waals surface area (Å²) < 4.78 is 10.9. The monoisotopic (exact) mass is 348 g/mol. The van der Waals surface area contributed by atoms with E-state index < -0.39 is 11.7 Å². The highest BCUT2D eigenvalue weighted by atomic mass is 16.6. The second-order valence-electron chi connectivity index (χ2n) is 7.28. The number of carbonyl (C=O) groups is 1. The van der Waals surface area contributed by atoms with Gasteiger partial charge in [0.2, 0.25) is 0 Å². The van der Waals surface area contributed by atoms with E-state index in [9.17, 15) is 4.79 Å². The SMILES string of the molecule is C=C(CCOCCC)Cc1c(C)cc(N)cc1NC(=O)OC(C)(C)C. The summed E-state index contributed by atoms with van der Waals surface area (Å²) in [5, 5.41) is 2.82. The Bertz CT molecular complexity index is 604. The largest absolute Gasteiger partial charge is 0.444 e. The van der Waals surface area contributed by atoms with Crippen LogP contribution in [-0.4, -0.2) is 24.9 Å². The topological polar surface area (TPSA) is 73.6 Å². The molecule has 5 nitrogen and oxygen atoms in total. The third-order valence-corrected chi connectivity index (χ3v) is 3.51. The zero-order chi connectivity index (χ0) is 19.0. The van der Waals surface area contributed by atoms with Gasteiger partial charge in [-0.25, -0.2) is 4.79 Å². The number of nitrogens with one attached hydrogen (secondary N) is 1. The van der Waals surface area contributed by atoms with Gasteiger partial charge in [-0.15, -0.1) is 0 Å². The Labute approximate surface area is 151 Å². The number of aryl methyl sites for hydroxylation is 1. The Morgan fingerprint density at radius 2 is 1.96 bits per heavy atom. The Morgan fingerprint density at radius 1 is 1.28 bits per heavy atom. The van der Waals surface area contributed by atoms with E-state index in [1.807, 2.05) is 33.8 Å². The molecular weight excluding hydrogens is 316 g/mol. The summed E-state index contributed by atoms with van der Waals surface area (Å²) in [6.45, 7) is 15.1. The molecule has 25 heavy (non-hydrogen) atoms. The quantitative estimate of drug-likeness (QED) is 0.400. The first-order chi connectivity index (χ1) is 11.6. The second kappa shape index (κ2) is 9.47. The zero-order valence-electron chi connectivity index (χ0n) is 16.2. The van der Waals surface area contributed by atoms with E-state index in [0.29, 0.717) is 24.4 Å². The number of anilines is 2. The molecule has 0 atom stereocenters. The molecule has 0 radical (unpaired) electrons. The number of carbonyl (C=O) groups excluding carboxylic acids is 1. The lowest BCUT2D eigenvalue weighted by Gasteiger charge is -2.21. The van der Waals surface area contributed by atoms with Crippen molar-refractivity contribution in [2.45, 2.75) is 59.5 Å². The lowest BCUT2D eigenvalue weighted by atomic mass is 9.97. The van der Waals surface area contributed by atoms with Gasteiger partial charge >= 0.3 is 6.09 Å². The summed E-state index contributed by atoms with van der Waals surface area (Å²) in [7, 11) is 0. The Kier molecular flexibility index (Phi) is 7.97. The normalized spacial score (nSPS) is 11.2. The number of nitrogens with two attached hydrogens (primary N) is 1. The van der Waals surface area contributed by atoms with Crippen LogP contribution in [-0.2, 0) is 15.9 Å². The first kappa shape index (κ1) is 21.0. The molecule has 0 spiro atoms. The van der Waals surface area contributed by atoms with Crippen molar-refractivity contribution in [3.8, 4) is 0 Å². The molecule has 0 heterocycles. The summed E-state index contributed by atoms with van der Waals surface area (Å²) >= 11 is 0. The summed E-state index contributed by atoms with van der Waals surface area (Å²) in [5.41, 5.74) is 9.72. The maximum absolute atomic E-state index is 12.1. The molecule has 1 aromatic rings. The van der Waals surface area contributed by atoms with Crippen molar-refractivity contribution in [3.05, 3.63) is 35.4 Å². The summed E-state index contributed by atoms with van der Waals surface area (Å²) in [4.78, 5) is 12.1. The fourth-order valence-electron chi connectivity index (χ4n) is 2.41. The molecule has 0 aliphatic rings. The van der Waals surface area contributed by atoms with Gasteiger partial charge in [0.25, 0.3) is 0 Å². The minimum atomic E-state index is -0.556. The minimum Gasteiger partial charge on any atom is -0.444 e. The molecule has 5 heteroatoms. The van der Waals surface area contributed by atoms with Crippen molar-refractivity contribution in [1.29, 1.82) is 0 Å². The average Bonchev–Trinajstić information content (AvgIpc) is 2.45. The van der Waals surface area contributed by atoms with Crippen molar-refractivity contribution >= 4 is 17.5 Å². The number of rotatable bonds is 8. The van der Waals surface area contributed by atoms with Gasteiger partial charge in [-0.3, -0.25) is 5.32 Å². The van der Waals surface area contributed by atoms with E-state index in [0.717, 1.165) is 36.1 Å². The van der Waals surface area contributed by atoms with Crippen LogP contribution in [0, 0.1) is 6.92 Å². The van der Waals surface area contributed by atoms with Gasteiger partial charge in [0.1, 0.15) is 5.60 Å². The number of hydrogen-bond acceptors (Lipinski definition) is 4. The minimum absolute atomic E-state index is 0.490. The van der Waals surface area contributed by atoms with Crippen molar-refractivity contribution in [2.75, 3.05) is 24.3 Å². The zero-order valence-corrected chi connectivity index (χ0v) is 16.2. The fourth-order valence-corrected chi connectivity index (χ4v) is 2.41. The highest BCUT2D eigenvalue weighted by Gasteiger charge is 2.18. The molecule has 0 aliphatic carbocycles. The van der Waals surface area contributed by atoms with Gasteiger partial charge in [-0.05, 0) is 70.2 Å². The first-order valence-electron chi connectivity index (χ1n) is 8.75. The standard InChI is InChI=1S/C20H32N2O3/c1-7-9-24-10-8-14(2)11-17-15(3)12-16(21)13-18(17)22-19(23)25-20(4,5)6/h12-13H,2,7-11,21H2,1,3-6H3,(H,22,23). The van der Waals surface area contributed by atoms with Crippen molar-refractivity contribution in [3.63, 3.8) is 0 Å². The van der Waals surface area contributed by atoms with Gasteiger partial charge in [-0.1, -0.05) is 19.1 Å². The third kappa shape index (κ3) is 8.07. The number of hydrogen-bond donors (Lipinski definition) is 2. The van der Waals surface area contributed by atoms with E-state index >= 15 is 0 Å². The van der Waals surface area contributed by atoms with Gasteiger partial charge in [-0.2, -0.15) is 0 Å². The summed E-state index contributed by atoms with van der Waals surface area (Å²) in [6.07, 6.45) is 1.96. The lowest BCUT2D eigenvalue weighted by Crippen LogP contribution is -2.27. The molecule has 0 unspecified atom stereocenters. The number of amides is 1. The molecule has 0 aliphatic heterocycles. The molecule has 0 bridgehead atoms. The molecule has 3 N–H and O–H groups in total. The van der Waals surface area contributed by atoms with Crippen LogP contribution in [0.4, 0.5) is 16.2 Å². The van der Waals surface area contributed by atoms with Gasteiger partial charge < -0.3 is 15.2 Å². The van der Waals surface area contributed by atoms with Crippen LogP contribution >= 0.6 is 0 Å². The van der Waals surface area contributed by atoms with E-state index in [4.69, 9.17) is 15.2 Å².